The molecule has 0 aliphatic heterocycles. The van der Waals surface area contributed by atoms with Crippen LogP contribution in [-0.2, 0) is 9.53 Å². The number of rotatable bonds is 6. The summed E-state index contributed by atoms with van der Waals surface area (Å²) >= 11 is 5.93. The molecule has 0 spiro atoms. The lowest BCUT2D eigenvalue weighted by Crippen LogP contribution is -2.30. The van der Waals surface area contributed by atoms with Crippen LogP contribution in [0.2, 0.25) is 5.02 Å². The number of hydrogen-bond donors (Lipinski definition) is 1. The molecular formula is C24H18ClFN4O3. The summed E-state index contributed by atoms with van der Waals surface area (Å²) in [5.74, 6) is -1.79. The number of carbonyl (C=O) groups excluding carboxylic acids is 2. The number of nitrogens with one attached hydrogen (secondary N) is 1. The first-order chi connectivity index (χ1) is 15.9. The van der Waals surface area contributed by atoms with Crippen LogP contribution in [0.5, 0.6) is 0 Å². The van der Waals surface area contributed by atoms with Gasteiger partial charge in [0.1, 0.15) is 5.82 Å². The predicted octanol–water partition coefficient (Wildman–Crippen LogP) is 4.91. The van der Waals surface area contributed by atoms with Gasteiger partial charge in [0.2, 0.25) is 0 Å². The minimum absolute atomic E-state index is 0.0256. The molecule has 1 heterocycles. The SMILES string of the molecule is CC(OC(=O)c1nc(-c2ccccc2)n(-c2ccccc2)n1)C(=O)Nc1ccc(F)cc1Cl. The van der Waals surface area contributed by atoms with Crippen LogP contribution in [0.3, 0.4) is 0 Å². The van der Waals surface area contributed by atoms with E-state index < -0.39 is 23.8 Å². The number of esters is 1. The van der Waals surface area contributed by atoms with Crippen molar-refractivity contribution in [1.82, 2.24) is 14.8 Å². The average Bonchev–Trinajstić information content (AvgIpc) is 3.28. The van der Waals surface area contributed by atoms with Crippen LogP contribution < -0.4 is 5.32 Å². The van der Waals surface area contributed by atoms with Gasteiger partial charge in [-0.2, -0.15) is 0 Å². The number of nitrogens with zero attached hydrogens (tertiary/aromatic N) is 3. The maximum atomic E-state index is 13.2. The fourth-order valence-electron chi connectivity index (χ4n) is 3.01. The molecule has 0 bridgehead atoms. The second-order valence-electron chi connectivity index (χ2n) is 7.03. The average molecular weight is 465 g/mol. The molecule has 166 valence electrons. The molecular weight excluding hydrogens is 447 g/mol. The number of para-hydroxylation sites is 1. The van der Waals surface area contributed by atoms with Crippen molar-refractivity contribution in [2.75, 3.05) is 5.32 Å². The Morgan fingerprint density at radius 1 is 1.03 bits per heavy atom. The zero-order valence-electron chi connectivity index (χ0n) is 17.4. The standard InChI is InChI=1S/C24H18ClFN4O3/c1-15(23(31)27-20-13-12-17(26)14-19(20)25)33-24(32)21-28-22(16-8-4-2-5-9-16)30(29-21)18-10-6-3-7-11-18/h2-15H,1H3,(H,27,31). The lowest BCUT2D eigenvalue weighted by atomic mass is 10.2. The first-order valence-electron chi connectivity index (χ1n) is 9.97. The smallest absolute Gasteiger partial charge is 0.379 e. The van der Waals surface area contributed by atoms with Crippen molar-refractivity contribution >= 4 is 29.2 Å². The molecule has 9 heteroatoms. The molecule has 1 unspecified atom stereocenters. The largest absolute Gasteiger partial charge is 0.447 e. The first kappa shape index (κ1) is 22.2. The topological polar surface area (TPSA) is 86.1 Å². The van der Waals surface area contributed by atoms with E-state index in [1.807, 2.05) is 60.7 Å². The Morgan fingerprint density at radius 3 is 2.36 bits per heavy atom. The Morgan fingerprint density at radius 2 is 1.70 bits per heavy atom. The fourth-order valence-corrected chi connectivity index (χ4v) is 3.23. The second-order valence-corrected chi connectivity index (χ2v) is 7.44. The molecule has 1 aromatic heterocycles. The molecule has 1 amide bonds. The minimum Gasteiger partial charge on any atom is -0.447 e. The molecule has 0 saturated heterocycles. The van der Waals surface area contributed by atoms with Gasteiger partial charge in [0.25, 0.3) is 11.7 Å². The van der Waals surface area contributed by atoms with Gasteiger partial charge < -0.3 is 10.1 Å². The lowest BCUT2D eigenvalue weighted by molar-refractivity contribution is -0.123. The van der Waals surface area contributed by atoms with Crippen molar-refractivity contribution in [3.05, 3.63) is 95.5 Å². The molecule has 0 aliphatic carbocycles. The Bertz CT molecular complexity index is 1240. The van der Waals surface area contributed by atoms with Gasteiger partial charge in [-0.15, -0.1) is 5.10 Å². The van der Waals surface area contributed by atoms with E-state index in [0.717, 1.165) is 17.7 Å². The number of hydrogen-bond acceptors (Lipinski definition) is 5. The van der Waals surface area contributed by atoms with Gasteiger partial charge in [-0.05, 0) is 37.3 Å². The van der Waals surface area contributed by atoms with E-state index in [1.165, 1.54) is 17.7 Å². The van der Waals surface area contributed by atoms with Crippen molar-refractivity contribution in [2.24, 2.45) is 0 Å². The van der Waals surface area contributed by atoms with Crippen LogP contribution in [0.25, 0.3) is 17.1 Å². The third-order valence-electron chi connectivity index (χ3n) is 4.66. The summed E-state index contributed by atoms with van der Waals surface area (Å²) in [6.45, 7) is 1.40. The highest BCUT2D eigenvalue weighted by atomic mass is 35.5. The molecule has 0 saturated carbocycles. The van der Waals surface area contributed by atoms with E-state index in [0.29, 0.717) is 11.5 Å². The summed E-state index contributed by atoms with van der Waals surface area (Å²) in [7, 11) is 0. The summed E-state index contributed by atoms with van der Waals surface area (Å²) < 4.78 is 20.0. The van der Waals surface area contributed by atoms with E-state index in [1.54, 1.807) is 0 Å². The third kappa shape index (κ3) is 5.07. The molecule has 4 aromatic rings. The monoisotopic (exact) mass is 464 g/mol. The Balaban J connectivity index is 1.55. The highest BCUT2D eigenvalue weighted by Gasteiger charge is 2.25. The van der Waals surface area contributed by atoms with Crippen LogP contribution in [0.15, 0.2) is 78.9 Å². The molecule has 3 aromatic carbocycles. The lowest BCUT2D eigenvalue weighted by Gasteiger charge is -2.13. The van der Waals surface area contributed by atoms with Gasteiger partial charge in [-0.1, -0.05) is 60.1 Å². The van der Waals surface area contributed by atoms with Crippen LogP contribution in [0.1, 0.15) is 17.5 Å². The number of benzene rings is 3. The van der Waals surface area contributed by atoms with Gasteiger partial charge in [0.15, 0.2) is 11.9 Å². The number of carbonyl (C=O) groups is 2. The first-order valence-corrected chi connectivity index (χ1v) is 10.3. The van der Waals surface area contributed by atoms with E-state index in [9.17, 15) is 14.0 Å². The van der Waals surface area contributed by atoms with E-state index >= 15 is 0 Å². The number of aromatic nitrogens is 3. The van der Waals surface area contributed by atoms with Crippen LogP contribution in [0, 0.1) is 5.82 Å². The van der Waals surface area contributed by atoms with Crippen LogP contribution >= 0.6 is 11.6 Å². The van der Waals surface area contributed by atoms with Crippen molar-refractivity contribution in [3.8, 4) is 17.1 Å². The van der Waals surface area contributed by atoms with Crippen molar-refractivity contribution < 1.29 is 18.7 Å². The molecule has 4 rings (SSSR count). The third-order valence-corrected chi connectivity index (χ3v) is 4.98. The van der Waals surface area contributed by atoms with E-state index in [2.05, 4.69) is 15.4 Å². The van der Waals surface area contributed by atoms with Gasteiger partial charge in [0, 0.05) is 5.56 Å². The molecule has 1 N–H and O–H groups in total. The summed E-state index contributed by atoms with van der Waals surface area (Å²) in [4.78, 5) is 29.5. The molecule has 1 atom stereocenters. The van der Waals surface area contributed by atoms with Gasteiger partial charge in [-0.25, -0.2) is 18.9 Å². The van der Waals surface area contributed by atoms with Crippen molar-refractivity contribution in [1.29, 1.82) is 0 Å². The normalized spacial score (nSPS) is 11.6. The minimum atomic E-state index is -1.18. The summed E-state index contributed by atoms with van der Waals surface area (Å²) in [6, 6.07) is 22.0. The summed E-state index contributed by atoms with van der Waals surface area (Å²) in [5, 5.41) is 6.84. The van der Waals surface area contributed by atoms with Crippen molar-refractivity contribution in [2.45, 2.75) is 13.0 Å². The summed E-state index contributed by atoms with van der Waals surface area (Å²) in [5.41, 5.74) is 1.66. The highest BCUT2D eigenvalue weighted by molar-refractivity contribution is 6.33. The maximum absolute atomic E-state index is 13.2. The molecule has 33 heavy (non-hydrogen) atoms. The number of anilines is 1. The van der Waals surface area contributed by atoms with Gasteiger partial charge in [-0.3, -0.25) is 4.79 Å². The Hall–Kier alpha value is -4.04. The number of ether oxygens (including phenoxy) is 1. The maximum Gasteiger partial charge on any atom is 0.379 e. The molecule has 7 nitrogen and oxygen atoms in total. The zero-order chi connectivity index (χ0) is 23.4. The fraction of sp³-hybridized carbons (Fsp3) is 0.0833. The van der Waals surface area contributed by atoms with E-state index in [4.69, 9.17) is 16.3 Å². The predicted molar refractivity (Wildman–Crippen MR) is 122 cm³/mol. The molecule has 0 radical (unpaired) electrons. The van der Waals surface area contributed by atoms with E-state index in [-0.39, 0.29) is 16.5 Å². The van der Waals surface area contributed by atoms with Gasteiger partial charge in [0.05, 0.1) is 16.4 Å². The zero-order valence-corrected chi connectivity index (χ0v) is 18.2. The van der Waals surface area contributed by atoms with Gasteiger partial charge >= 0.3 is 5.97 Å². The number of amides is 1. The molecule has 0 fully saturated rings. The Kier molecular flexibility index (Phi) is 6.46. The molecule has 0 aliphatic rings. The highest BCUT2D eigenvalue weighted by Crippen LogP contribution is 2.23. The second kappa shape index (κ2) is 9.62. The Labute approximate surface area is 193 Å². The van der Waals surface area contributed by atoms with Crippen LogP contribution in [-0.4, -0.2) is 32.7 Å². The van der Waals surface area contributed by atoms with Crippen LogP contribution in [0.4, 0.5) is 10.1 Å². The van der Waals surface area contributed by atoms with Crippen molar-refractivity contribution in [3.63, 3.8) is 0 Å². The number of halogens is 2. The summed E-state index contributed by atoms with van der Waals surface area (Å²) in [6.07, 6.45) is -1.18. The quantitative estimate of drug-likeness (QED) is 0.410.